The molecule has 0 unspecified atom stereocenters. The molecule has 0 radical (unpaired) electrons. The van der Waals surface area contributed by atoms with Crippen LogP contribution in [0.4, 0.5) is 0 Å². The van der Waals surface area contributed by atoms with Crippen molar-refractivity contribution in [1.29, 1.82) is 0 Å². The van der Waals surface area contributed by atoms with Crippen molar-refractivity contribution in [3.63, 3.8) is 0 Å². The molecule has 96 valence electrons. The third-order valence-corrected chi connectivity index (χ3v) is 2.87. The molecule has 0 aliphatic carbocycles. The van der Waals surface area contributed by atoms with Crippen LogP contribution in [-0.2, 0) is 6.42 Å². The Morgan fingerprint density at radius 1 is 1.39 bits per heavy atom. The van der Waals surface area contributed by atoms with Gasteiger partial charge in [-0.2, -0.15) is 0 Å². The Balaban J connectivity index is 2.49. The fourth-order valence-corrected chi connectivity index (χ4v) is 2.00. The Labute approximate surface area is 106 Å². The summed E-state index contributed by atoms with van der Waals surface area (Å²) < 4.78 is 5.50. The lowest BCUT2D eigenvalue weighted by molar-refractivity contribution is 0.343. The minimum atomic E-state index is -0.0527. The molecule has 0 saturated heterocycles. The molecule has 0 saturated carbocycles. The predicted molar refractivity (Wildman–Crippen MR) is 73.1 cm³/mol. The number of pyridine rings is 1. The van der Waals surface area contributed by atoms with Crippen LogP contribution in [-0.4, -0.2) is 18.1 Å². The third kappa shape index (κ3) is 2.54. The molecule has 2 aromatic rings. The maximum absolute atomic E-state index is 11.9. The summed E-state index contributed by atoms with van der Waals surface area (Å²) in [6.45, 7) is 3.10. The van der Waals surface area contributed by atoms with Gasteiger partial charge in [0.2, 0.25) is 0 Å². The SMILES string of the molecule is CCOc1cccc2cc(CCCN)c(=O)[nH]c12. The number of aromatic amines is 1. The number of hydrogen-bond donors (Lipinski definition) is 2. The summed E-state index contributed by atoms with van der Waals surface area (Å²) in [6, 6.07) is 7.69. The van der Waals surface area contributed by atoms with Gasteiger partial charge in [-0.15, -0.1) is 0 Å². The Kier molecular flexibility index (Phi) is 3.99. The Hall–Kier alpha value is -1.81. The van der Waals surface area contributed by atoms with E-state index in [-0.39, 0.29) is 5.56 Å². The van der Waals surface area contributed by atoms with Crippen molar-refractivity contribution in [3.8, 4) is 5.75 Å². The van der Waals surface area contributed by atoms with E-state index in [0.29, 0.717) is 19.6 Å². The quantitative estimate of drug-likeness (QED) is 0.845. The van der Waals surface area contributed by atoms with E-state index >= 15 is 0 Å². The summed E-state index contributed by atoms with van der Waals surface area (Å²) in [6.07, 6.45) is 1.53. The van der Waals surface area contributed by atoms with Crippen molar-refractivity contribution < 1.29 is 4.74 Å². The minimum absolute atomic E-state index is 0.0527. The van der Waals surface area contributed by atoms with Crippen molar-refractivity contribution in [2.45, 2.75) is 19.8 Å². The topological polar surface area (TPSA) is 68.1 Å². The predicted octanol–water partition coefficient (Wildman–Crippen LogP) is 1.82. The fraction of sp³-hybridized carbons (Fsp3) is 0.357. The molecule has 1 aromatic carbocycles. The second kappa shape index (κ2) is 5.69. The lowest BCUT2D eigenvalue weighted by Crippen LogP contribution is -2.14. The van der Waals surface area contributed by atoms with Crippen LogP contribution < -0.4 is 16.0 Å². The van der Waals surface area contributed by atoms with E-state index in [1.54, 1.807) is 0 Å². The minimum Gasteiger partial charge on any atom is -0.492 e. The molecule has 4 heteroatoms. The highest BCUT2D eigenvalue weighted by Gasteiger charge is 2.06. The summed E-state index contributed by atoms with van der Waals surface area (Å²) in [5.74, 6) is 0.720. The number of rotatable bonds is 5. The number of nitrogens with two attached hydrogens (primary N) is 1. The lowest BCUT2D eigenvalue weighted by Gasteiger charge is -2.08. The Morgan fingerprint density at radius 2 is 2.22 bits per heavy atom. The number of nitrogens with one attached hydrogen (secondary N) is 1. The number of para-hydroxylation sites is 1. The Morgan fingerprint density at radius 3 is 2.94 bits per heavy atom. The van der Waals surface area contributed by atoms with Crippen molar-refractivity contribution in [2.75, 3.05) is 13.2 Å². The molecule has 0 amide bonds. The molecule has 4 nitrogen and oxygen atoms in total. The summed E-state index contributed by atoms with van der Waals surface area (Å²) in [5.41, 5.74) is 6.96. The monoisotopic (exact) mass is 246 g/mol. The smallest absolute Gasteiger partial charge is 0.251 e. The van der Waals surface area contributed by atoms with E-state index in [9.17, 15) is 4.79 Å². The molecule has 2 rings (SSSR count). The zero-order valence-corrected chi connectivity index (χ0v) is 10.5. The second-order valence-corrected chi connectivity index (χ2v) is 4.17. The van der Waals surface area contributed by atoms with Gasteiger partial charge in [0, 0.05) is 10.9 Å². The first-order valence-electron chi connectivity index (χ1n) is 6.24. The van der Waals surface area contributed by atoms with Gasteiger partial charge >= 0.3 is 0 Å². The van der Waals surface area contributed by atoms with Crippen LogP contribution in [0.15, 0.2) is 29.1 Å². The molecule has 0 aliphatic rings. The van der Waals surface area contributed by atoms with E-state index in [2.05, 4.69) is 4.98 Å². The number of ether oxygens (including phenoxy) is 1. The normalized spacial score (nSPS) is 10.8. The zero-order valence-electron chi connectivity index (χ0n) is 10.5. The summed E-state index contributed by atoms with van der Waals surface area (Å²) >= 11 is 0. The van der Waals surface area contributed by atoms with Crippen molar-refractivity contribution >= 4 is 10.9 Å². The molecule has 0 fully saturated rings. The van der Waals surface area contributed by atoms with Crippen molar-refractivity contribution in [3.05, 3.63) is 40.2 Å². The van der Waals surface area contributed by atoms with Gasteiger partial charge in [0.1, 0.15) is 5.75 Å². The highest BCUT2D eigenvalue weighted by molar-refractivity contribution is 5.84. The van der Waals surface area contributed by atoms with E-state index in [0.717, 1.165) is 28.6 Å². The molecule has 3 N–H and O–H groups in total. The molecule has 0 spiro atoms. The summed E-state index contributed by atoms with van der Waals surface area (Å²) in [4.78, 5) is 14.8. The van der Waals surface area contributed by atoms with Gasteiger partial charge in [0.05, 0.1) is 12.1 Å². The number of aryl methyl sites for hydroxylation is 1. The van der Waals surface area contributed by atoms with Crippen LogP contribution in [0, 0.1) is 0 Å². The van der Waals surface area contributed by atoms with E-state index < -0.39 is 0 Å². The van der Waals surface area contributed by atoms with Crippen molar-refractivity contribution in [2.24, 2.45) is 5.73 Å². The van der Waals surface area contributed by atoms with E-state index in [1.165, 1.54) is 0 Å². The van der Waals surface area contributed by atoms with Crippen LogP contribution in [0.25, 0.3) is 10.9 Å². The van der Waals surface area contributed by atoms with Crippen LogP contribution in [0.5, 0.6) is 5.75 Å². The van der Waals surface area contributed by atoms with Gasteiger partial charge in [0.25, 0.3) is 5.56 Å². The summed E-state index contributed by atoms with van der Waals surface area (Å²) in [5, 5.41) is 0.993. The fourth-order valence-electron chi connectivity index (χ4n) is 2.00. The van der Waals surface area contributed by atoms with E-state index in [1.807, 2.05) is 31.2 Å². The maximum Gasteiger partial charge on any atom is 0.251 e. The summed E-state index contributed by atoms with van der Waals surface area (Å²) in [7, 11) is 0. The largest absolute Gasteiger partial charge is 0.492 e. The second-order valence-electron chi connectivity index (χ2n) is 4.17. The number of hydrogen-bond acceptors (Lipinski definition) is 3. The van der Waals surface area contributed by atoms with Gasteiger partial charge in [-0.1, -0.05) is 12.1 Å². The molecule has 0 bridgehead atoms. The highest BCUT2D eigenvalue weighted by atomic mass is 16.5. The standard InChI is InChI=1S/C14H18N2O2/c1-2-18-12-7-3-5-10-9-11(6-4-8-15)14(17)16-13(10)12/h3,5,7,9H,2,4,6,8,15H2,1H3,(H,16,17). The number of fused-ring (bicyclic) bond motifs is 1. The van der Waals surface area contributed by atoms with Crippen molar-refractivity contribution in [1.82, 2.24) is 4.98 Å². The van der Waals surface area contributed by atoms with Gasteiger partial charge in [-0.3, -0.25) is 4.79 Å². The molecule has 1 aromatic heterocycles. The Bertz CT molecular complexity index is 590. The maximum atomic E-state index is 11.9. The van der Waals surface area contributed by atoms with Crippen LogP contribution in [0.3, 0.4) is 0 Å². The van der Waals surface area contributed by atoms with Gasteiger partial charge in [-0.05, 0) is 38.4 Å². The van der Waals surface area contributed by atoms with Crippen LogP contribution >= 0.6 is 0 Å². The van der Waals surface area contributed by atoms with Gasteiger partial charge < -0.3 is 15.5 Å². The number of aromatic nitrogens is 1. The lowest BCUT2D eigenvalue weighted by atomic mass is 10.1. The van der Waals surface area contributed by atoms with Crippen LogP contribution in [0.1, 0.15) is 18.9 Å². The molecular formula is C14H18N2O2. The molecule has 18 heavy (non-hydrogen) atoms. The average molecular weight is 246 g/mol. The number of H-pyrrole nitrogens is 1. The molecular weight excluding hydrogens is 228 g/mol. The molecule has 1 heterocycles. The average Bonchev–Trinajstić information content (AvgIpc) is 2.37. The molecule has 0 aliphatic heterocycles. The highest BCUT2D eigenvalue weighted by Crippen LogP contribution is 2.23. The first kappa shape index (κ1) is 12.6. The first-order valence-corrected chi connectivity index (χ1v) is 6.24. The first-order chi connectivity index (χ1) is 8.76. The third-order valence-electron chi connectivity index (χ3n) is 2.87. The zero-order chi connectivity index (χ0) is 13.0. The number of benzene rings is 1. The van der Waals surface area contributed by atoms with Crippen LogP contribution in [0.2, 0.25) is 0 Å². The van der Waals surface area contributed by atoms with Gasteiger partial charge in [-0.25, -0.2) is 0 Å². The van der Waals surface area contributed by atoms with E-state index in [4.69, 9.17) is 10.5 Å². The van der Waals surface area contributed by atoms with Gasteiger partial charge in [0.15, 0.2) is 0 Å². The molecule has 0 atom stereocenters.